The van der Waals surface area contributed by atoms with Crippen LogP contribution in [0, 0.1) is 0 Å². The minimum absolute atomic E-state index is 0.301. The molecule has 0 aliphatic carbocycles. The van der Waals surface area contributed by atoms with Crippen LogP contribution < -0.4 is 15.3 Å². The highest BCUT2D eigenvalue weighted by Crippen LogP contribution is 2.34. The zero-order valence-electron chi connectivity index (χ0n) is 16.0. The van der Waals surface area contributed by atoms with Gasteiger partial charge in [0.15, 0.2) is 6.73 Å². The number of fused-ring (bicyclic) bond motifs is 3. The van der Waals surface area contributed by atoms with Crippen molar-refractivity contribution >= 4 is 16.7 Å². The molecule has 0 N–H and O–H groups in total. The second-order valence-electron chi connectivity index (χ2n) is 7.10. The minimum Gasteiger partial charge on any atom is -0.473 e. The molecule has 0 saturated carbocycles. The molecule has 4 rings (SSSR count). The molecule has 1 aromatic heterocycles. The smallest absolute Gasteiger partial charge is 0.336 e. The van der Waals surface area contributed by atoms with Crippen LogP contribution in [0.3, 0.4) is 0 Å². The standard InChI is InChI=1S/C23H25NO3/c1-3-5-6-16-7-9-18(10-8-16)24-14-20-21(26-15-24)12-11-19-17(4-2)13-22(25)27-23(19)20/h7-13H,3-6,14-15H2,1-2H3. The van der Waals surface area contributed by atoms with E-state index in [2.05, 4.69) is 43.0 Å². The number of rotatable bonds is 5. The fourth-order valence-corrected chi connectivity index (χ4v) is 3.71. The van der Waals surface area contributed by atoms with E-state index in [1.54, 1.807) is 6.07 Å². The molecule has 0 spiro atoms. The van der Waals surface area contributed by atoms with Gasteiger partial charge in [0.2, 0.25) is 0 Å². The van der Waals surface area contributed by atoms with Crippen molar-refractivity contribution in [2.75, 3.05) is 11.6 Å². The monoisotopic (exact) mass is 363 g/mol. The fourth-order valence-electron chi connectivity index (χ4n) is 3.71. The normalized spacial score (nSPS) is 13.5. The SMILES string of the molecule is CCCCc1ccc(N2COc3ccc4c(CC)cc(=O)oc4c3C2)cc1. The first-order valence-electron chi connectivity index (χ1n) is 9.75. The molecule has 0 radical (unpaired) electrons. The molecule has 2 aromatic carbocycles. The number of anilines is 1. The number of ether oxygens (including phenoxy) is 1. The van der Waals surface area contributed by atoms with Gasteiger partial charge in [0.1, 0.15) is 11.3 Å². The maximum atomic E-state index is 12.0. The Morgan fingerprint density at radius 2 is 1.89 bits per heavy atom. The molecule has 0 atom stereocenters. The van der Waals surface area contributed by atoms with Crippen LogP contribution >= 0.6 is 0 Å². The van der Waals surface area contributed by atoms with Crippen LogP contribution in [0.5, 0.6) is 5.75 Å². The Morgan fingerprint density at radius 3 is 2.63 bits per heavy atom. The number of aryl methyl sites for hydroxylation is 2. The average Bonchev–Trinajstić information content (AvgIpc) is 2.71. The second-order valence-corrected chi connectivity index (χ2v) is 7.10. The van der Waals surface area contributed by atoms with Crippen LogP contribution in [0.2, 0.25) is 0 Å². The second kappa shape index (κ2) is 7.47. The largest absolute Gasteiger partial charge is 0.473 e. The van der Waals surface area contributed by atoms with Crippen LogP contribution in [0.4, 0.5) is 5.69 Å². The third-order valence-corrected chi connectivity index (χ3v) is 5.28. The van der Waals surface area contributed by atoms with Crippen LogP contribution in [0.1, 0.15) is 43.4 Å². The lowest BCUT2D eigenvalue weighted by Crippen LogP contribution is -2.32. The molecule has 4 nitrogen and oxygen atoms in total. The fraction of sp³-hybridized carbons (Fsp3) is 0.348. The third kappa shape index (κ3) is 3.44. The number of unbranched alkanes of at least 4 members (excludes halogenated alkanes) is 1. The van der Waals surface area contributed by atoms with Gasteiger partial charge < -0.3 is 14.1 Å². The van der Waals surface area contributed by atoms with Gasteiger partial charge in [-0.2, -0.15) is 0 Å². The number of hydrogen-bond donors (Lipinski definition) is 0. The zero-order valence-corrected chi connectivity index (χ0v) is 16.0. The van der Waals surface area contributed by atoms with E-state index in [1.165, 1.54) is 18.4 Å². The maximum absolute atomic E-state index is 12.0. The molecule has 1 aliphatic heterocycles. The molecule has 0 saturated heterocycles. The van der Waals surface area contributed by atoms with Crippen molar-refractivity contribution in [2.24, 2.45) is 0 Å². The van der Waals surface area contributed by atoms with Gasteiger partial charge in [-0.25, -0.2) is 4.79 Å². The van der Waals surface area contributed by atoms with Gasteiger partial charge in [0, 0.05) is 17.1 Å². The summed E-state index contributed by atoms with van der Waals surface area (Å²) in [6, 6.07) is 14.3. The summed E-state index contributed by atoms with van der Waals surface area (Å²) in [6.45, 7) is 5.42. The first-order valence-corrected chi connectivity index (χ1v) is 9.75. The van der Waals surface area contributed by atoms with Crippen molar-refractivity contribution < 1.29 is 9.15 Å². The van der Waals surface area contributed by atoms with E-state index in [-0.39, 0.29) is 5.63 Å². The highest BCUT2D eigenvalue weighted by Gasteiger charge is 2.22. The van der Waals surface area contributed by atoms with Crippen LogP contribution in [-0.2, 0) is 19.4 Å². The van der Waals surface area contributed by atoms with Gasteiger partial charge in [0.25, 0.3) is 0 Å². The Labute approximate surface area is 159 Å². The predicted octanol–water partition coefficient (Wildman–Crippen LogP) is 5.05. The van der Waals surface area contributed by atoms with Crippen molar-refractivity contribution in [3.63, 3.8) is 0 Å². The summed E-state index contributed by atoms with van der Waals surface area (Å²) in [5, 5.41) is 0.996. The Hall–Kier alpha value is -2.75. The van der Waals surface area contributed by atoms with Crippen molar-refractivity contribution in [3.05, 3.63) is 69.6 Å². The van der Waals surface area contributed by atoms with E-state index in [0.717, 1.165) is 40.8 Å². The molecular weight excluding hydrogens is 338 g/mol. The lowest BCUT2D eigenvalue weighted by atomic mass is 10.0. The topological polar surface area (TPSA) is 42.7 Å². The number of hydrogen-bond acceptors (Lipinski definition) is 4. The van der Waals surface area contributed by atoms with E-state index in [1.807, 2.05) is 12.1 Å². The average molecular weight is 363 g/mol. The van der Waals surface area contributed by atoms with Gasteiger partial charge in [-0.05, 0) is 54.7 Å². The van der Waals surface area contributed by atoms with Crippen LogP contribution in [0.15, 0.2) is 51.7 Å². The van der Waals surface area contributed by atoms with E-state index in [0.29, 0.717) is 18.9 Å². The van der Waals surface area contributed by atoms with E-state index in [4.69, 9.17) is 9.15 Å². The van der Waals surface area contributed by atoms with Crippen LogP contribution in [0.25, 0.3) is 11.0 Å². The molecule has 0 bridgehead atoms. The van der Waals surface area contributed by atoms with Crippen LogP contribution in [-0.4, -0.2) is 6.73 Å². The van der Waals surface area contributed by atoms with E-state index in [9.17, 15) is 4.79 Å². The molecule has 2 heterocycles. The minimum atomic E-state index is -0.301. The summed E-state index contributed by atoms with van der Waals surface area (Å²) in [4.78, 5) is 14.2. The lowest BCUT2D eigenvalue weighted by molar-refractivity contribution is 0.289. The summed E-state index contributed by atoms with van der Waals surface area (Å²) < 4.78 is 11.6. The number of benzene rings is 2. The Balaban J connectivity index is 1.67. The quantitative estimate of drug-likeness (QED) is 0.595. The molecule has 0 fully saturated rings. The van der Waals surface area contributed by atoms with E-state index >= 15 is 0 Å². The van der Waals surface area contributed by atoms with Gasteiger partial charge in [-0.1, -0.05) is 32.4 Å². The third-order valence-electron chi connectivity index (χ3n) is 5.28. The van der Waals surface area contributed by atoms with Crippen molar-refractivity contribution in [1.82, 2.24) is 0 Å². The maximum Gasteiger partial charge on any atom is 0.336 e. The Bertz CT molecular complexity index is 1000. The van der Waals surface area contributed by atoms with E-state index < -0.39 is 0 Å². The molecule has 1 aliphatic rings. The lowest BCUT2D eigenvalue weighted by Gasteiger charge is -2.31. The van der Waals surface area contributed by atoms with Gasteiger partial charge >= 0.3 is 5.63 Å². The summed E-state index contributed by atoms with van der Waals surface area (Å²) >= 11 is 0. The highest BCUT2D eigenvalue weighted by molar-refractivity contribution is 5.85. The summed E-state index contributed by atoms with van der Waals surface area (Å²) in [6.07, 6.45) is 4.33. The Morgan fingerprint density at radius 1 is 1.07 bits per heavy atom. The van der Waals surface area contributed by atoms with Gasteiger partial charge in [-0.3, -0.25) is 0 Å². The highest BCUT2D eigenvalue weighted by atomic mass is 16.5. The van der Waals surface area contributed by atoms with Crippen molar-refractivity contribution in [1.29, 1.82) is 0 Å². The molecule has 0 unspecified atom stereocenters. The zero-order chi connectivity index (χ0) is 18.8. The molecule has 3 aromatic rings. The molecule has 4 heteroatoms. The van der Waals surface area contributed by atoms with Gasteiger partial charge in [0.05, 0.1) is 12.1 Å². The first kappa shape index (κ1) is 17.7. The molecule has 27 heavy (non-hydrogen) atoms. The molecule has 140 valence electrons. The molecule has 0 amide bonds. The van der Waals surface area contributed by atoms with Gasteiger partial charge in [-0.15, -0.1) is 0 Å². The first-order chi connectivity index (χ1) is 13.2. The summed E-state index contributed by atoms with van der Waals surface area (Å²) in [5.74, 6) is 0.801. The summed E-state index contributed by atoms with van der Waals surface area (Å²) in [7, 11) is 0. The van der Waals surface area contributed by atoms with Crippen molar-refractivity contribution in [2.45, 2.75) is 46.1 Å². The Kier molecular flexibility index (Phi) is 4.88. The van der Waals surface area contributed by atoms with Crippen molar-refractivity contribution in [3.8, 4) is 5.75 Å². The predicted molar refractivity (Wildman–Crippen MR) is 109 cm³/mol. The number of nitrogens with zero attached hydrogens (tertiary/aromatic N) is 1. The summed E-state index contributed by atoms with van der Waals surface area (Å²) in [5.41, 5.74) is 4.80. The molecular formula is C23H25NO3.